The van der Waals surface area contributed by atoms with Gasteiger partial charge in [0.25, 0.3) is 0 Å². The first-order valence-corrected chi connectivity index (χ1v) is 5.47. The molecule has 78 valence electrons. The van der Waals surface area contributed by atoms with Crippen LogP contribution < -0.4 is 5.32 Å². The molecule has 0 aromatic rings. The van der Waals surface area contributed by atoms with Gasteiger partial charge < -0.3 is 10.2 Å². The van der Waals surface area contributed by atoms with Gasteiger partial charge in [0.2, 0.25) is 5.91 Å². The third kappa shape index (κ3) is 1.98. The van der Waals surface area contributed by atoms with Gasteiger partial charge in [-0.15, -0.1) is 6.58 Å². The van der Waals surface area contributed by atoms with E-state index in [-0.39, 0.29) is 11.9 Å². The van der Waals surface area contributed by atoms with Gasteiger partial charge in [0, 0.05) is 12.6 Å². The van der Waals surface area contributed by atoms with Gasteiger partial charge in [-0.25, -0.2) is 0 Å². The summed E-state index contributed by atoms with van der Waals surface area (Å²) in [5.41, 5.74) is 0. The van der Waals surface area contributed by atoms with Crippen LogP contribution in [0.4, 0.5) is 0 Å². The molecule has 0 bridgehead atoms. The maximum Gasteiger partial charge on any atom is 0.240 e. The summed E-state index contributed by atoms with van der Waals surface area (Å²) in [6.45, 7) is 5.40. The third-order valence-corrected chi connectivity index (χ3v) is 2.95. The zero-order valence-electron chi connectivity index (χ0n) is 8.54. The molecule has 0 aromatic heterocycles. The Morgan fingerprint density at radius 3 is 2.79 bits per heavy atom. The predicted octanol–water partition coefficient (Wildman–Crippen LogP) is 0.915. The highest BCUT2D eigenvalue weighted by molar-refractivity contribution is 5.82. The van der Waals surface area contributed by atoms with Crippen LogP contribution in [0, 0.1) is 0 Å². The molecule has 3 nitrogen and oxygen atoms in total. The van der Waals surface area contributed by atoms with Gasteiger partial charge >= 0.3 is 0 Å². The van der Waals surface area contributed by atoms with Gasteiger partial charge in [-0.1, -0.05) is 6.08 Å². The number of rotatable bonds is 4. The molecule has 1 atom stereocenters. The van der Waals surface area contributed by atoms with Crippen molar-refractivity contribution in [3.63, 3.8) is 0 Å². The van der Waals surface area contributed by atoms with Gasteiger partial charge in [-0.3, -0.25) is 4.79 Å². The minimum Gasteiger partial charge on any atom is -0.335 e. The highest BCUT2D eigenvalue weighted by Crippen LogP contribution is 2.28. The van der Waals surface area contributed by atoms with E-state index >= 15 is 0 Å². The molecule has 1 aliphatic heterocycles. The van der Waals surface area contributed by atoms with Crippen LogP contribution in [0.1, 0.15) is 25.7 Å². The van der Waals surface area contributed by atoms with Gasteiger partial charge in [-0.2, -0.15) is 0 Å². The van der Waals surface area contributed by atoms with E-state index in [0.717, 1.165) is 19.4 Å². The topological polar surface area (TPSA) is 32.3 Å². The summed E-state index contributed by atoms with van der Waals surface area (Å²) < 4.78 is 0. The Hall–Kier alpha value is -0.830. The molecule has 1 N–H and O–H groups in total. The van der Waals surface area contributed by atoms with E-state index in [1.165, 1.54) is 12.8 Å². The molecule has 0 spiro atoms. The Bertz CT molecular complexity index is 229. The molecule has 2 aliphatic rings. The van der Waals surface area contributed by atoms with Gasteiger partial charge in [0.05, 0.1) is 6.04 Å². The summed E-state index contributed by atoms with van der Waals surface area (Å²) in [5.74, 6) is 0.282. The number of nitrogens with zero attached hydrogens (tertiary/aromatic N) is 1. The van der Waals surface area contributed by atoms with Crippen LogP contribution in [-0.4, -0.2) is 36.0 Å². The molecule has 3 heteroatoms. The number of hydrogen-bond donors (Lipinski definition) is 1. The molecule has 2 rings (SSSR count). The second-order valence-electron chi connectivity index (χ2n) is 4.16. The van der Waals surface area contributed by atoms with Crippen LogP contribution in [0.5, 0.6) is 0 Å². The van der Waals surface area contributed by atoms with Crippen LogP contribution in [0.25, 0.3) is 0 Å². The first-order chi connectivity index (χ1) is 6.83. The summed E-state index contributed by atoms with van der Waals surface area (Å²) in [6, 6.07) is 0.582. The summed E-state index contributed by atoms with van der Waals surface area (Å²) in [7, 11) is 0. The van der Waals surface area contributed by atoms with Crippen LogP contribution >= 0.6 is 0 Å². The van der Waals surface area contributed by atoms with Crippen LogP contribution in [0.2, 0.25) is 0 Å². The van der Waals surface area contributed by atoms with E-state index in [0.29, 0.717) is 12.6 Å². The van der Waals surface area contributed by atoms with Crippen LogP contribution in [0.3, 0.4) is 0 Å². The summed E-state index contributed by atoms with van der Waals surface area (Å²) >= 11 is 0. The largest absolute Gasteiger partial charge is 0.335 e. The second-order valence-corrected chi connectivity index (χ2v) is 4.16. The van der Waals surface area contributed by atoms with E-state index in [1.807, 2.05) is 11.0 Å². The third-order valence-electron chi connectivity index (χ3n) is 2.95. The fraction of sp³-hybridized carbons (Fsp3) is 0.727. The van der Waals surface area contributed by atoms with E-state index in [4.69, 9.17) is 0 Å². The average molecular weight is 194 g/mol. The van der Waals surface area contributed by atoms with Gasteiger partial charge in [0.15, 0.2) is 0 Å². The van der Waals surface area contributed by atoms with Crippen molar-refractivity contribution >= 4 is 5.91 Å². The molecular weight excluding hydrogens is 176 g/mol. The number of carbonyl (C=O) groups excluding carboxylic acids is 1. The van der Waals surface area contributed by atoms with Gasteiger partial charge in [0.1, 0.15) is 0 Å². The van der Waals surface area contributed by atoms with Crippen molar-refractivity contribution in [3.05, 3.63) is 12.7 Å². The van der Waals surface area contributed by atoms with E-state index in [2.05, 4.69) is 11.9 Å². The SMILES string of the molecule is C=CCN(C(=O)C1CCCN1)C1CC1. The number of hydrogen-bond acceptors (Lipinski definition) is 2. The fourth-order valence-electron chi connectivity index (χ4n) is 2.04. The summed E-state index contributed by atoms with van der Waals surface area (Å²) in [4.78, 5) is 14.0. The Morgan fingerprint density at radius 1 is 1.50 bits per heavy atom. The monoisotopic (exact) mass is 194 g/mol. The Balaban J connectivity index is 1.94. The summed E-state index contributed by atoms with van der Waals surface area (Å²) in [5, 5.41) is 3.25. The average Bonchev–Trinajstić information content (AvgIpc) is 2.88. The molecule has 1 heterocycles. The Labute approximate surface area is 85.2 Å². The van der Waals surface area contributed by atoms with Crippen LogP contribution in [0.15, 0.2) is 12.7 Å². The molecular formula is C11H18N2O. The summed E-state index contributed by atoms with van der Waals surface area (Å²) in [6.07, 6.45) is 6.30. The van der Waals surface area contributed by atoms with Crippen LogP contribution in [-0.2, 0) is 4.79 Å². The minimum atomic E-state index is 0.0792. The van der Waals surface area contributed by atoms with Crippen molar-refractivity contribution in [2.24, 2.45) is 0 Å². The standard InChI is InChI=1S/C11H18N2O/c1-2-8-13(9-5-6-9)11(14)10-4-3-7-12-10/h2,9-10,12H,1,3-8H2. The maximum atomic E-state index is 12.0. The lowest BCUT2D eigenvalue weighted by molar-refractivity contribution is -0.133. The highest BCUT2D eigenvalue weighted by atomic mass is 16.2. The lowest BCUT2D eigenvalue weighted by Crippen LogP contribution is -2.44. The molecule has 1 amide bonds. The molecule has 1 unspecified atom stereocenters. The van der Waals surface area contributed by atoms with E-state index in [1.54, 1.807) is 0 Å². The zero-order valence-corrected chi connectivity index (χ0v) is 8.54. The van der Waals surface area contributed by atoms with Crippen molar-refractivity contribution in [1.29, 1.82) is 0 Å². The molecule has 14 heavy (non-hydrogen) atoms. The van der Waals surface area contributed by atoms with Crippen molar-refractivity contribution < 1.29 is 4.79 Å². The lowest BCUT2D eigenvalue weighted by Gasteiger charge is -2.24. The number of amides is 1. The normalized spacial score (nSPS) is 26.1. The molecule has 0 radical (unpaired) electrons. The van der Waals surface area contributed by atoms with E-state index in [9.17, 15) is 4.79 Å². The molecule has 0 aromatic carbocycles. The molecule has 1 saturated carbocycles. The number of nitrogens with one attached hydrogen (secondary N) is 1. The Kier molecular flexibility index (Phi) is 2.87. The Morgan fingerprint density at radius 2 is 2.29 bits per heavy atom. The fourth-order valence-corrected chi connectivity index (χ4v) is 2.04. The maximum absolute atomic E-state index is 12.0. The molecule has 1 aliphatic carbocycles. The van der Waals surface area contributed by atoms with Crippen molar-refractivity contribution in [2.75, 3.05) is 13.1 Å². The smallest absolute Gasteiger partial charge is 0.240 e. The van der Waals surface area contributed by atoms with Crippen molar-refractivity contribution in [1.82, 2.24) is 10.2 Å². The molecule has 1 saturated heterocycles. The lowest BCUT2D eigenvalue weighted by atomic mass is 10.2. The minimum absolute atomic E-state index is 0.0792. The number of carbonyl (C=O) groups is 1. The van der Waals surface area contributed by atoms with E-state index < -0.39 is 0 Å². The quantitative estimate of drug-likeness (QED) is 0.675. The first-order valence-electron chi connectivity index (χ1n) is 5.47. The van der Waals surface area contributed by atoms with Gasteiger partial charge in [-0.05, 0) is 32.2 Å². The van der Waals surface area contributed by atoms with Crippen molar-refractivity contribution in [2.45, 2.75) is 37.8 Å². The predicted molar refractivity (Wildman–Crippen MR) is 56.0 cm³/mol. The highest BCUT2D eigenvalue weighted by Gasteiger charge is 2.35. The first kappa shape index (κ1) is 9.71. The zero-order chi connectivity index (χ0) is 9.97. The van der Waals surface area contributed by atoms with Crippen molar-refractivity contribution in [3.8, 4) is 0 Å². The molecule has 2 fully saturated rings. The second kappa shape index (κ2) is 4.13.